The van der Waals surface area contributed by atoms with Gasteiger partial charge in [-0.05, 0) is 30.9 Å². The lowest BCUT2D eigenvalue weighted by atomic mass is 9.88. The van der Waals surface area contributed by atoms with Crippen LogP contribution in [0, 0.1) is 5.92 Å². The van der Waals surface area contributed by atoms with Crippen LogP contribution in [0.4, 0.5) is 0 Å². The van der Waals surface area contributed by atoms with Crippen LogP contribution in [0.2, 0.25) is 0 Å². The number of carbonyl (C=O) groups is 2. The Bertz CT molecular complexity index is 745. The Labute approximate surface area is 155 Å². The number of likely N-dealkylation sites (tertiary alicyclic amines) is 1. The highest BCUT2D eigenvalue weighted by atomic mass is 16.2. The Morgan fingerprint density at radius 3 is 2.23 bits per heavy atom. The van der Waals surface area contributed by atoms with Gasteiger partial charge in [0.05, 0.1) is 18.0 Å². The monoisotopic (exact) mass is 350 g/mol. The molecule has 1 N–H and O–H groups in total. The molecule has 3 unspecified atom stereocenters. The number of hydrogen-bond acceptors (Lipinski definition) is 2. The molecule has 1 fully saturated rings. The van der Waals surface area contributed by atoms with Crippen molar-refractivity contribution in [2.75, 3.05) is 6.54 Å². The lowest BCUT2D eigenvalue weighted by molar-refractivity contribution is -0.137. The molecule has 4 heteroatoms. The van der Waals surface area contributed by atoms with Crippen molar-refractivity contribution in [3.05, 3.63) is 71.8 Å². The van der Waals surface area contributed by atoms with E-state index in [-0.39, 0.29) is 29.8 Å². The quantitative estimate of drug-likeness (QED) is 0.910. The summed E-state index contributed by atoms with van der Waals surface area (Å²) >= 11 is 0. The first-order valence-electron chi connectivity index (χ1n) is 9.23. The van der Waals surface area contributed by atoms with E-state index < -0.39 is 0 Å². The van der Waals surface area contributed by atoms with E-state index in [0.29, 0.717) is 6.54 Å². The van der Waals surface area contributed by atoms with Crippen molar-refractivity contribution in [3.63, 3.8) is 0 Å². The van der Waals surface area contributed by atoms with Gasteiger partial charge in [0, 0.05) is 13.5 Å². The van der Waals surface area contributed by atoms with Crippen molar-refractivity contribution >= 4 is 11.8 Å². The molecule has 0 radical (unpaired) electrons. The Balaban J connectivity index is 1.67. The summed E-state index contributed by atoms with van der Waals surface area (Å²) in [6.07, 6.45) is 1.60. The molecule has 0 aliphatic carbocycles. The van der Waals surface area contributed by atoms with E-state index in [4.69, 9.17) is 0 Å². The maximum absolute atomic E-state index is 12.7. The Kier molecular flexibility index (Phi) is 5.71. The minimum atomic E-state index is -0.162. The minimum Gasteiger partial charge on any atom is -0.349 e. The van der Waals surface area contributed by atoms with Crippen LogP contribution in [-0.2, 0) is 9.59 Å². The SMILES string of the molecule is CC(=O)N1CC(C(=O)NC(C)c2ccccc2)CCC1c1ccccc1. The largest absolute Gasteiger partial charge is 0.349 e. The molecule has 1 saturated heterocycles. The van der Waals surface area contributed by atoms with E-state index in [1.165, 1.54) is 0 Å². The van der Waals surface area contributed by atoms with Crippen LogP contribution in [0.25, 0.3) is 0 Å². The van der Waals surface area contributed by atoms with Gasteiger partial charge in [-0.15, -0.1) is 0 Å². The summed E-state index contributed by atoms with van der Waals surface area (Å²) in [4.78, 5) is 26.8. The summed E-state index contributed by atoms with van der Waals surface area (Å²) in [5.74, 6) is -0.114. The van der Waals surface area contributed by atoms with Crippen molar-refractivity contribution in [1.82, 2.24) is 10.2 Å². The summed E-state index contributed by atoms with van der Waals surface area (Å²) in [6.45, 7) is 4.05. The van der Waals surface area contributed by atoms with Gasteiger partial charge in [0.2, 0.25) is 11.8 Å². The first kappa shape index (κ1) is 18.2. The number of hydrogen-bond donors (Lipinski definition) is 1. The number of benzene rings is 2. The molecule has 0 aromatic heterocycles. The fourth-order valence-electron chi connectivity index (χ4n) is 3.71. The molecule has 1 heterocycles. The third kappa shape index (κ3) is 4.13. The first-order valence-corrected chi connectivity index (χ1v) is 9.23. The van der Waals surface area contributed by atoms with E-state index in [1.54, 1.807) is 6.92 Å². The van der Waals surface area contributed by atoms with E-state index in [9.17, 15) is 9.59 Å². The molecule has 0 bridgehead atoms. The van der Waals surface area contributed by atoms with Crippen LogP contribution in [0.3, 0.4) is 0 Å². The van der Waals surface area contributed by atoms with Gasteiger partial charge >= 0.3 is 0 Å². The molecule has 2 amide bonds. The van der Waals surface area contributed by atoms with Gasteiger partial charge in [-0.25, -0.2) is 0 Å². The highest BCUT2D eigenvalue weighted by Crippen LogP contribution is 2.33. The molecular formula is C22H26N2O2. The van der Waals surface area contributed by atoms with E-state index in [1.807, 2.05) is 60.4 Å². The van der Waals surface area contributed by atoms with Gasteiger partial charge < -0.3 is 10.2 Å². The summed E-state index contributed by atoms with van der Waals surface area (Å²) in [7, 11) is 0. The third-order valence-corrected chi connectivity index (χ3v) is 5.20. The Hall–Kier alpha value is -2.62. The summed E-state index contributed by atoms with van der Waals surface area (Å²) in [5.41, 5.74) is 2.22. The fourth-order valence-corrected chi connectivity index (χ4v) is 3.71. The number of nitrogens with zero attached hydrogens (tertiary/aromatic N) is 1. The molecule has 3 atom stereocenters. The molecular weight excluding hydrogens is 324 g/mol. The predicted octanol–water partition coefficient (Wildman–Crippen LogP) is 3.86. The molecule has 2 aromatic rings. The average molecular weight is 350 g/mol. The van der Waals surface area contributed by atoms with E-state index in [2.05, 4.69) is 17.4 Å². The molecule has 2 aromatic carbocycles. The Morgan fingerprint density at radius 2 is 1.62 bits per heavy atom. The van der Waals surface area contributed by atoms with Crippen LogP contribution in [0.1, 0.15) is 49.9 Å². The maximum atomic E-state index is 12.7. The van der Waals surface area contributed by atoms with E-state index in [0.717, 1.165) is 24.0 Å². The van der Waals surface area contributed by atoms with Crippen molar-refractivity contribution in [2.45, 2.75) is 38.8 Å². The van der Waals surface area contributed by atoms with Crippen molar-refractivity contribution < 1.29 is 9.59 Å². The van der Waals surface area contributed by atoms with Gasteiger partial charge in [0.15, 0.2) is 0 Å². The van der Waals surface area contributed by atoms with Gasteiger partial charge in [-0.3, -0.25) is 9.59 Å². The van der Waals surface area contributed by atoms with Crippen molar-refractivity contribution in [3.8, 4) is 0 Å². The average Bonchev–Trinajstić information content (AvgIpc) is 2.68. The summed E-state index contributed by atoms with van der Waals surface area (Å²) in [5, 5.41) is 3.10. The number of nitrogens with one attached hydrogen (secondary N) is 1. The normalized spacial score (nSPS) is 21.1. The summed E-state index contributed by atoms with van der Waals surface area (Å²) < 4.78 is 0. The first-order chi connectivity index (χ1) is 12.6. The van der Waals surface area contributed by atoms with Crippen LogP contribution in [0.5, 0.6) is 0 Å². The molecule has 1 aliphatic rings. The lowest BCUT2D eigenvalue weighted by Crippen LogP contribution is -2.46. The molecule has 136 valence electrons. The zero-order chi connectivity index (χ0) is 18.5. The topological polar surface area (TPSA) is 49.4 Å². The third-order valence-electron chi connectivity index (χ3n) is 5.20. The van der Waals surface area contributed by atoms with Gasteiger partial charge in [0.25, 0.3) is 0 Å². The Morgan fingerprint density at radius 1 is 1.00 bits per heavy atom. The second-order valence-corrected chi connectivity index (χ2v) is 7.01. The zero-order valence-electron chi connectivity index (χ0n) is 15.4. The van der Waals surface area contributed by atoms with Crippen LogP contribution >= 0.6 is 0 Å². The molecule has 0 saturated carbocycles. The van der Waals surface area contributed by atoms with E-state index >= 15 is 0 Å². The zero-order valence-corrected chi connectivity index (χ0v) is 15.4. The smallest absolute Gasteiger partial charge is 0.225 e. The number of piperidine rings is 1. The van der Waals surface area contributed by atoms with Gasteiger partial charge in [-0.1, -0.05) is 60.7 Å². The molecule has 1 aliphatic heterocycles. The maximum Gasteiger partial charge on any atom is 0.225 e. The highest BCUT2D eigenvalue weighted by molar-refractivity contribution is 5.81. The molecule has 3 rings (SSSR count). The van der Waals surface area contributed by atoms with Crippen LogP contribution in [0.15, 0.2) is 60.7 Å². The molecule has 0 spiro atoms. The fraction of sp³-hybridized carbons (Fsp3) is 0.364. The van der Waals surface area contributed by atoms with Crippen molar-refractivity contribution in [2.24, 2.45) is 5.92 Å². The van der Waals surface area contributed by atoms with Crippen LogP contribution in [-0.4, -0.2) is 23.3 Å². The summed E-state index contributed by atoms with van der Waals surface area (Å²) in [6, 6.07) is 20.0. The molecule has 26 heavy (non-hydrogen) atoms. The van der Waals surface area contributed by atoms with Gasteiger partial charge in [-0.2, -0.15) is 0 Å². The number of rotatable bonds is 4. The van der Waals surface area contributed by atoms with Crippen molar-refractivity contribution in [1.29, 1.82) is 0 Å². The standard InChI is InChI=1S/C22H26N2O2/c1-16(18-9-5-3-6-10-18)23-22(26)20-13-14-21(24(15-20)17(2)25)19-11-7-4-8-12-19/h3-12,16,20-21H,13-15H2,1-2H3,(H,23,26). The second-order valence-electron chi connectivity index (χ2n) is 7.01. The second kappa shape index (κ2) is 8.17. The number of carbonyl (C=O) groups excluding carboxylic acids is 2. The number of amides is 2. The van der Waals surface area contributed by atoms with Crippen LogP contribution < -0.4 is 5.32 Å². The van der Waals surface area contributed by atoms with Gasteiger partial charge in [0.1, 0.15) is 0 Å². The minimum absolute atomic E-state index is 0.0208. The highest BCUT2D eigenvalue weighted by Gasteiger charge is 2.34. The lowest BCUT2D eigenvalue weighted by Gasteiger charge is -2.39. The predicted molar refractivity (Wildman–Crippen MR) is 102 cm³/mol. The molecule has 4 nitrogen and oxygen atoms in total.